The lowest BCUT2D eigenvalue weighted by Crippen LogP contribution is -2.23. The number of imidazole rings is 1. The normalized spacial score (nSPS) is 15.7. The van der Waals surface area contributed by atoms with Crippen LogP contribution in [0.2, 0.25) is 0 Å². The third-order valence-electron chi connectivity index (χ3n) is 1.87. The van der Waals surface area contributed by atoms with Gasteiger partial charge in [-0.3, -0.25) is 4.79 Å². The van der Waals surface area contributed by atoms with Crippen molar-refractivity contribution < 1.29 is 9.53 Å². The highest BCUT2D eigenvalue weighted by atomic mass is 16.5. The number of primary amides is 1. The summed E-state index contributed by atoms with van der Waals surface area (Å²) in [5.74, 6) is -0.156. The van der Waals surface area contributed by atoms with Gasteiger partial charge in [0.05, 0.1) is 25.1 Å². The van der Waals surface area contributed by atoms with Gasteiger partial charge in [0.2, 0.25) is 0 Å². The second kappa shape index (κ2) is 2.60. The van der Waals surface area contributed by atoms with E-state index in [9.17, 15) is 4.79 Å². The molecule has 5 nitrogen and oxygen atoms in total. The topological polar surface area (TPSA) is 70.1 Å². The van der Waals surface area contributed by atoms with Crippen LogP contribution in [0.1, 0.15) is 16.3 Å². The van der Waals surface area contributed by atoms with Crippen molar-refractivity contribution in [2.75, 3.05) is 6.61 Å². The van der Waals surface area contributed by atoms with Gasteiger partial charge < -0.3 is 15.0 Å². The quantitative estimate of drug-likeness (QED) is 0.613. The van der Waals surface area contributed by atoms with Crippen LogP contribution >= 0.6 is 0 Å². The van der Waals surface area contributed by atoms with Crippen molar-refractivity contribution >= 4 is 5.91 Å². The summed E-state index contributed by atoms with van der Waals surface area (Å²) in [6, 6.07) is 0. The first-order valence-corrected chi connectivity index (χ1v) is 3.71. The number of aromatic nitrogens is 2. The van der Waals surface area contributed by atoms with E-state index in [1.807, 2.05) is 0 Å². The number of ether oxygens (including phenoxy) is 1. The van der Waals surface area contributed by atoms with E-state index in [2.05, 4.69) is 4.98 Å². The molecule has 0 aromatic carbocycles. The first-order valence-electron chi connectivity index (χ1n) is 3.71. The van der Waals surface area contributed by atoms with Gasteiger partial charge in [0.25, 0.3) is 5.91 Å². The van der Waals surface area contributed by atoms with Gasteiger partial charge in [0, 0.05) is 6.54 Å². The van der Waals surface area contributed by atoms with E-state index in [0.29, 0.717) is 25.6 Å². The monoisotopic (exact) mass is 167 g/mol. The van der Waals surface area contributed by atoms with E-state index in [4.69, 9.17) is 10.5 Å². The van der Waals surface area contributed by atoms with Crippen LogP contribution in [-0.4, -0.2) is 22.1 Å². The molecule has 0 saturated heterocycles. The Bertz CT molecular complexity index is 318. The fourth-order valence-electron chi connectivity index (χ4n) is 1.30. The summed E-state index contributed by atoms with van der Waals surface area (Å²) in [7, 11) is 0. The smallest absolute Gasteiger partial charge is 0.284 e. The second-order valence-electron chi connectivity index (χ2n) is 2.64. The van der Waals surface area contributed by atoms with Gasteiger partial charge in [-0.25, -0.2) is 4.98 Å². The van der Waals surface area contributed by atoms with Gasteiger partial charge in [-0.1, -0.05) is 0 Å². The number of nitrogens with zero attached hydrogens (tertiary/aromatic N) is 2. The Hall–Kier alpha value is -1.36. The Kier molecular flexibility index (Phi) is 1.58. The Labute approximate surface area is 69.1 Å². The van der Waals surface area contributed by atoms with Gasteiger partial charge in [0.1, 0.15) is 0 Å². The first-order chi connectivity index (χ1) is 5.79. The minimum Gasteiger partial charge on any atom is -0.373 e. The van der Waals surface area contributed by atoms with Crippen molar-refractivity contribution in [3.8, 4) is 0 Å². The molecular weight excluding hydrogens is 158 g/mol. The molecule has 2 heterocycles. The summed E-state index contributed by atoms with van der Waals surface area (Å²) in [5, 5.41) is 0. The lowest BCUT2D eigenvalue weighted by Gasteiger charge is -2.15. The van der Waals surface area contributed by atoms with E-state index < -0.39 is 5.91 Å². The van der Waals surface area contributed by atoms with Crippen LogP contribution in [0.25, 0.3) is 0 Å². The highest BCUT2D eigenvalue weighted by molar-refractivity contribution is 5.89. The van der Waals surface area contributed by atoms with Crippen molar-refractivity contribution in [2.24, 2.45) is 5.73 Å². The van der Waals surface area contributed by atoms with Crippen molar-refractivity contribution in [3.05, 3.63) is 17.7 Å². The first kappa shape index (κ1) is 7.30. The van der Waals surface area contributed by atoms with Crippen LogP contribution < -0.4 is 5.73 Å². The maximum absolute atomic E-state index is 10.8. The Morgan fingerprint density at radius 3 is 3.33 bits per heavy atom. The summed E-state index contributed by atoms with van der Waals surface area (Å²) < 4.78 is 6.97. The Morgan fingerprint density at radius 2 is 2.58 bits per heavy atom. The van der Waals surface area contributed by atoms with E-state index in [1.165, 1.54) is 0 Å². The maximum atomic E-state index is 10.8. The molecule has 64 valence electrons. The zero-order valence-corrected chi connectivity index (χ0v) is 6.49. The van der Waals surface area contributed by atoms with Gasteiger partial charge in [-0.15, -0.1) is 0 Å². The molecule has 0 unspecified atom stereocenters. The van der Waals surface area contributed by atoms with E-state index in [0.717, 1.165) is 5.69 Å². The number of nitrogens with two attached hydrogens (primary N) is 1. The molecule has 0 spiro atoms. The zero-order chi connectivity index (χ0) is 8.55. The molecule has 0 fully saturated rings. The van der Waals surface area contributed by atoms with Gasteiger partial charge in [-0.05, 0) is 0 Å². The highest BCUT2D eigenvalue weighted by Crippen LogP contribution is 2.10. The number of rotatable bonds is 1. The van der Waals surface area contributed by atoms with Crippen molar-refractivity contribution in [1.82, 2.24) is 9.55 Å². The number of carbonyl (C=O) groups excluding carboxylic acids is 1. The Balaban J connectivity index is 2.44. The molecule has 0 bridgehead atoms. The molecule has 0 saturated carbocycles. The lowest BCUT2D eigenvalue weighted by molar-refractivity contribution is 0.0814. The number of hydrogen-bond donors (Lipinski definition) is 1. The predicted molar refractivity (Wildman–Crippen MR) is 40.4 cm³/mol. The van der Waals surface area contributed by atoms with Crippen LogP contribution in [0.3, 0.4) is 0 Å². The molecule has 0 aliphatic carbocycles. The standard InChI is InChI=1S/C7H9N3O2/c8-6(11)7-9-3-5-4-12-2-1-10(5)7/h3H,1-2,4H2,(H2,8,11). The molecule has 1 amide bonds. The van der Waals surface area contributed by atoms with Crippen LogP contribution in [0.4, 0.5) is 0 Å². The molecule has 1 aromatic heterocycles. The maximum Gasteiger partial charge on any atom is 0.284 e. The molecule has 2 N–H and O–H groups in total. The third kappa shape index (κ3) is 0.984. The molecule has 1 aliphatic rings. The zero-order valence-electron chi connectivity index (χ0n) is 6.49. The average Bonchev–Trinajstić information content (AvgIpc) is 2.47. The molecule has 0 atom stereocenters. The molecule has 5 heteroatoms. The molecule has 2 rings (SSSR count). The van der Waals surface area contributed by atoms with Gasteiger partial charge >= 0.3 is 0 Å². The molecule has 1 aliphatic heterocycles. The minimum atomic E-state index is -0.483. The SMILES string of the molecule is NC(=O)c1ncc2n1CCOC2. The van der Waals surface area contributed by atoms with Gasteiger partial charge in [0.15, 0.2) is 5.82 Å². The van der Waals surface area contributed by atoms with Crippen molar-refractivity contribution in [2.45, 2.75) is 13.2 Å². The minimum absolute atomic E-state index is 0.327. The summed E-state index contributed by atoms with van der Waals surface area (Å²) in [6.45, 7) is 1.79. The largest absolute Gasteiger partial charge is 0.373 e. The van der Waals surface area contributed by atoms with Gasteiger partial charge in [-0.2, -0.15) is 0 Å². The molecule has 0 radical (unpaired) electrons. The summed E-state index contributed by atoms with van der Waals surface area (Å²) in [4.78, 5) is 14.7. The van der Waals surface area contributed by atoms with E-state index in [-0.39, 0.29) is 0 Å². The van der Waals surface area contributed by atoms with Crippen LogP contribution in [0.15, 0.2) is 6.20 Å². The third-order valence-corrected chi connectivity index (χ3v) is 1.87. The highest BCUT2D eigenvalue weighted by Gasteiger charge is 2.16. The molecule has 1 aromatic rings. The summed E-state index contributed by atoms with van der Waals surface area (Å²) in [5.41, 5.74) is 6.03. The fraction of sp³-hybridized carbons (Fsp3) is 0.429. The molecular formula is C7H9N3O2. The summed E-state index contributed by atoms with van der Waals surface area (Å²) in [6.07, 6.45) is 1.62. The van der Waals surface area contributed by atoms with Crippen LogP contribution in [-0.2, 0) is 17.9 Å². The van der Waals surface area contributed by atoms with E-state index in [1.54, 1.807) is 10.8 Å². The van der Waals surface area contributed by atoms with Crippen molar-refractivity contribution in [1.29, 1.82) is 0 Å². The van der Waals surface area contributed by atoms with Crippen molar-refractivity contribution in [3.63, 3.8) is 0 Å². The number of hydrogen-bond acceptors (Lipinski definition) is 3. The second-order valence-corrected chi connectivity index (χ2v) is 2.64. The number of amides is 1. The predicted octanol–water partition coefficient (Wildman–Crippen LogP) is -0.488. The number of carbonyl (C=O) groups is 1. The van der Waals surface area contributed by atoms with Crippen LogP contribution in [0, 0.1) is 0 Å². The summed E-state index contributed by atoms with van der Waals surface area (Å²) >= 11 is 0. The molecule has 12 heavy (non-hydrogen) atoms. The van der Waals surface area contributed by atoms with E-state index >= 15 is 0 Å². The lowest BCUT2D eigenvalue weighted by atomic mass is 10.4. The Morgan fingerprint density at radius 1 is 1.75 bits per heavy atom. The van der Waals surface area contributed by atoms with Crippen LogP contribution in [0.5, 0.6) is 0 Å². The number of fused-ring (bicyclic) bond motifs is 1. The average molecular weight is 167 g/mol. The fourth-order valence-corrected chi connectivity index (χ4v) is 1.30.